The molecule has 2 unspecified atom stereocenters. The average molecular weight is 210 g/mol. The average Bonchev–Trinajstić information content (AvgIpc) is 2.96. The molecule has 0 bridgehead atoms. The van der Waals surface area contributed by atoms with E-state index >= 15 is 0 Å². The van der Waals surface area contributed by atoms with Crippen molar-refractivity contribution in [2.24, 2.45) is 11.8 Å². The first kappa shape index (κ1) is 11.4. The zero-order valence-electron chi connectivity index (χ0n) is 10.3. The molecule has 2 atom stereocenters. The van der Waals surface area contributed by atoms with Gasteiger partial charge in [0.25, 0.3) is 0 Å². The smallest absolute Gasteiger partial charge is 0.00921 e. The SMILES string of the molecule is CC(C1CC1)N(C)CCCC1CCNC1. The van der Waals surface area contributed by atoms with E-state index in [9.17, 15) is 0 Å². The van der Waals surface area contributed by atoms with Crippen LogP contribution in [0.2, 0.25) is 0 Å². The minimum atomic E-state index is 0.826. The van der Waals surface area contributed by atoms with Crippen molar-refractivity contribution in [3.05, 3.63) is 0 Å². The Kier molecular flexibility index (Phi) is 4.04. The van der Waals surface area contributed by atoms with Gasteiger partial charge < -0.3 is 10.2 Å². The normalized spacial score (nSPS) is 28.6. The van der Waals surface area contributed by atoms with Crippen molar-refractivity contribution in [2.75, 3.05) is 26.7 Å². The van der Waals surface area contributed by atoms with Crippen LogP contribution in [0.3, 0.4) is 0 Å². The van der Waals surface area contributed by atoms with E-state index in [-0.39, 0.29) is 0 Å². The van der Waals surface area contributed by atoms with Gasteiger partial charge >= 0.3 is 0 Å². The van der Waals surface area contributed by atoms with E-state index in [0.717, 1.165) is 17.9 Å². The molecule has 0 aromatic rings. The van der Waals surface area contributed by atoms with Crippen molar-refractivity contribution in [1.29, 1.82) is 0 Å². The van der Waals surface area contributed by atoms with E-state index in [4.69, 9.17) is 0 Å². The van der Waals surface area contributed by atoms with Gasteiger partial charge in [0.15, 0.2) is 0 Å². The van der Waals surface area contributed by atoms with Crippen LogP contribution in [-0.4, -0.2) is 37.6 Å². The molecule has 0 aromatic heterocycles. The largest absolute Gasteiger partial charge is 0.316 e. The van der Waals surface area contributed by atoms with E-state index in [2.05, 4.69) is 24.2 Å². The third-order valence-corrected chi connectivity index (χ3v) is 4.29. The number of nitrogens with zero attached hydrogens (tertiary/aromatic N) is 1. The number of hydrogen-bond donors (Lipinski definition) is 1. The minimum absolute atomic E-state index is 0.826. The van der Waals surface area contributed by atoms with Crippen molar-refractivity contribution >= 4 is 0 Å². The fourth-order valence-corrected chi connectivity index (χ4v) is 2.73. The van der Waals surface area contributed by atoms with Gasteiger partial charge in [-0.15, -0.1) is 0 Å². The van der Waals surface area contributed by atoms with E-state index in [1.807, 2.05) is 0 Å². The highest BCUT2D eigenvalue weighted by Crippen LogP contribution is 2.34. The summed E-state index contributed by atoms with van der Waals surface area (Å²) < 4.78 is 0. The van der Waals surface area contributed by atoms with Gasteiger partial charge in [-0.2, -0.15) is 0 Å². The Morgan fingerprint density at radius 1 is 1.33 bits per heavy atom. The van der Waals surface area contributed by atoms with Crippen LogP contribution in [0.25, 0.3) is 0 Å². The number of hydrogen-bond acceptors (Lipinski definition) is 2. The second-order valence-electron chi connectivity index (χ2n) is 5.56. The van der Waals surface area contributed by atoms with Crippen LogP contribution in [-0.2, 0) is 0 Å². The summed E-state index contributed by atoms with van der Waals surface area (Å²) in [6.45, 7) is 6.21. The lowest BCUT2D eigenvalue weighted by Gasteiger charge is -2.24. The molecule has 1 aliphatic carbocycles. The summed E-state index contributed by atoms with van der Waals surface area (Å²) in [7, 11) is 2.30. The van der Waals surface area contributed by atoms with Crippen LogP contribution in [0.1, 0.15) is 39.0 Å². The monoisotopic (exact) mass is 210 g/mol. The topological polar surface area (TPSA) is 15.3 Å². The molecule has 2 rings (SSSR count). The third kappa shape index (κ3) is 3.46. The molecule has 1 aliphatic heterocycles. The molecule has 15 heavy (non-hydrogen) atoms. The zero-order chi connectivity index (χ0) is 10.7. The quantitative estimate of drug-likeness (QED) is 0.722. The van der Waals surface area contributed by atoms with E-state index in [1.54, 1.807) is 0 Å². The standard InChI is InChI=1S/C13H26N2/c1-11(13-5-6-13)15(2)9-3-4-12-7-8-14-10-12/h11-14H,3-10H2,1-2H3. The molecule has 1 N–H and O–H groups in total. The van der Waals surface area contributed by atoms with Gasteiger partial charge in [-0.25, -0.2) is 0 Å². The van der Waals surface area contributed by atoms with Crippen LogP contribution in [0.4, 0.5) is 0 Å². The summed E-state index contributed by atoms with van der Waals surface area (Å²) >= 11 is 0. The van der Waals surface area contributed by atoms with Gasteiger partial charge in [0.05, 0.1) is 0 Å². The maximum atomic E-state index is 3.45. The Hall–Kier alpha value is -0.0800. The van der Waals surface area contributed by atoms with Gasteiger partial charge in [-0.3, -0.25) is 0 Å². The van der Waals surface area contributed by atoms with E-state index in [0.29, 0.717) is 0 Å². The molecule has 2 aliphatic rings. The molecular formula is C13H26N2. The van der Waals surface area contributed by atoms with Crippen LogP contribution in [0.5, 0.6) is 0 Å². The van der Waals surface area contributed by atoms with Crippen LogP contribution < -0.4 is 5.32 Å². The molecular weight excluding hydrogens is 184 g/mol. The maximum absolute atomic E-state index is 3.45. The molecule has 2 nitrogen and oxygen atoms in total. The molecule has 88 valence electrons. The predicted octanol–water partition coefficient (Wildman–Crippen LogP) is 2.11. The maximum Gasteiger partial charge on any atom is 0.00921 e. The van der Waals surface area contributed by atoms with Gasteiger partial charge in [0.1, 0.15) is 0 Å². The summed E-state index contributed by atoms with van der Waals surface area (Å²) in [5.41, 5.74) is 0. The Morgan fingerprint density at radius 2 is 2.13 bits per heavy atom. The fourth-order valence-electron chi connectivity index (χ4n) is 2.73. The van der Waals surface area contributed by atoms with Gasteiger partial charge in [-0.1, -0.05) is 0 Å². The summed E-state index contributed by atoms with van der Waals surface area (Å²) in [6, 6.07) is 0.826. The Morgan fingerprint density at radius 3 is 2.73 bits per heavy atom. The summed E-state index contributed by atoms with van der Waals surface area (Å²) in [4.78, 5) is 2.57. The molecule has 0 spiro atoms. The van der Waals surface area contributed by atoms with Crippen molar-refractivity contribution in [3.63, 3.8) is 0 Å². The second kappa shape index (κ2) is 5.31. The van der Waals surface area contributed by atoms with Crippen LogP contribution >= 0.6 is 0 Å². The predicted molar refractivity (Wildman–Crippen MR) is 65.0 cm³/mol. The molecule has 2 heteroatoms. The lowest BCUT2D eigenvalue weighted by Crippen LogP contribution is -2.31. The molecule has 0 amide bonds. The number of rotatable bonds is 6. The molecule has 0 aromatic carbocycles. The Balaban J connectivity index is 1.55. The Bertz CT molecular complexity index is 183. The van der Waals surface area contributed by atoms with Crippen molar-refractivity contribution in [2.45, 2.75) is 45.1 Å². The highest BCUT2D eigenvalue weighted by atomic mass is 15.1. The molecule has 1 heterocycles. The van der Waals surface area contributed by atoms with E-state index in [1.165, 1.54) is 51.7 Å². The van der Waals surface area contributed by atoms with Crippen molar-refractivity contribution < 1.29 is 0 Å². The highest BCUT2D eigenvalue weighted by molar-refractivity contribution is 4.84. The van der Waals surface area contributed by atoms with Crippen molar-refractivity contribution in [3.8, 4) is 0 Å². The first-order chi connectivity index (χ1) is 7.27. The molecule has 0 radical (unpaired) electrons. The summed E-state index contributed by atoms with van der Waals surface area (Å²) in [5.74, 6) is 1.98. The van der Waals surface area contributed by atoms with Gasteiger partial charge in [0, 0.05) is 6.04 Å². The van der Waals surface area contributed by atoms with Crippen LogP contribution in [0, 0.1) is 11.8 Å². The zero-order valence-corrected chi connectivity index (χ0v) is 10.3. The Labute approximate surface area is 94.4 Å². The lowest BCUT2D eigenvalue weighted by atomic mass is 10.0. The molecule has 2 fully saturated rings. The van der Waals surface area contributed by atoms with Crippen molar-refractivity contribution in [1.82, 2.24) is 10.2 Å². The first-order valence-corrected chi connectivity index (χ1v) is 6.68. The molecule has 1 saturated carbocycles. The fraction of sp³-hybridized carbons (Fsp3) is 1.00. The van der Waals surface area contributed by atoms with E-state index < -0.39 is 0 Å². The second-order valence-corrected chi connectivity index (χ2v) is 5.56. The van der Waals surface area contributed by atoms with Crippen LogP contribution in [0.15, 0.2) is 0 Å². The van der Waals surface area contributed by atoms with Gasteiger partial charge in [0.2, 0.25) is 0 Å². The summed E-state index contributed by atoms with van der Waals surface area (Å²) in [5, 5.41) is 3.45. The lowest BCUT2D eigenvalue weighted by molar-refractivity contribution is 0.226. The van der Waals surface area contributed by atoms with Gasteiger partial charge in [-0.05, 0) is 77.5 Å². The number of nitrogens with one attached hydrogen (secondary N) is 1. The minimum Gasteiger partial charge on any atom is -0.316 e. The highest BCUT2D eigenvalue weighted by Gasteiger charge is 2.30. The third-order valence-electron chi connectivity index (χ3n) is 4.29. The molecule has 1 saturated heterocycles. The first-order valence-electron chi connectivity index (χ1n) is 6.68. The summed E-state index contributed by atoms with van der Waals surface area (Å²) in [6.07, 6.45) is 7.16.